The van der Waals surface area contributed by atoms with Crippen molar-refractivity contribution in [2.24, 2.45) is 0 Å². The van der Waals surface area contributed by atoms with Crippen molar-refractivity contribution in [1.82, 2.24) is 4.90 Å². The monoisotopic (exact) mass is 399 g/mol. The lowest BCUT2D eigenvalue weighted by atomic mass is 10.1. The summed E-state index contributed by atoms with van der Waals surface area (Å²) < 4.78 is 16.8. The van der Waals surface area contributed by atoms with Crippen LogP contribution in [0.4, 0.5) is 0 Å². The van der Waals surface area contributed by atoms with E-state index in [0.717, 1.165) is 5.56 Å². The molecule has 1 amide bonds. The van der Waals surface area contributed by atoms with Crippen LogP contribution < -0.4 is 9.47 Å². The lowest BCUT2D eigenvalue weighted by Crippen LogP contribution is -2.46. The predicted octanol–water partition coefficient (Wildman–Crippen LogP) is 3.15. The second-order valence-electron chi connectivity index (χ2n) is 6.83. The van der Waals surface area contributed by atoms with Crippen LogP contribution in [0, 0.1) is 0 Å². The number of ether oxygens (including phenoxy) is 3. The third-order valence-corrected chi connectivity index (χ3v) is 4.56. The normalized spacial score (nSPS) is 18.9. The third kappa shape index (κ3) is 5.26. The van der Waals surface area contributed by atoms with Crippen molar-refractivity contribution in [3.05, 3.63) is 59.7 Å². The Morgan fingerprint density at radius 3 is 2.55 bits per heavy atom. The van der Waals surface area contributed by atoms with E-state index < -0.39 is 12.6 Å². The van der Waals surface area contributed by atoms with Crippen LogP contribution in [-0.2, 0) is 9.53 Å². The molecular weight excluding hydrogens is 374 g/mol. The topological polar surface area (TPSA) is 85.3 Å². The van der Waals surface area contributed by atoms with Gasteiger partial charge in [-0.15, -0.1) is 0 Å². The Balaban J connectivity index is 1.79. The van der Waals surface area contributed by atoms with Gasteiger partial charge in [-0.3, -0.25) is 4.79 Å². The summed E-state index contributed by atoms with van der Waals surface area (Å²) >= 11 is 0. The number of aliphatic carboxylic acids is 1. The van der Waals surface area contributed by atoms with Crippen LogP contribution in [0.5, 0.6) is 11.5 Å². The molecule has 0 radical (unpaired) electrons. The van der Waals surface area contributed by atoms with Gasteiger partial charge in [0.05, 0.1) is 19.3 Å². The van der Waals surface area contributed by atoms with E-state index in [4.69, 9.17) is 19.3 Å². The zero-order chi connectivity index (χ0) is 20.8. The molecule has 0 spiro atoms. The molecule has 2 atom stereocenters. The van der Waals surface area contributed by atoms with E-state index in [-0.39, 0.29) is 18.1 Å². The summed E-state index contributed by atoms with van der Waals surface area (Å²) in [6.45, 7) is 4.59. The molecule has 1 N–H and O–H groups in total. The molecule has 1 aliphatic rings. The van der Waals surface area contributed by atoms with E-state index in [1.807, 2.05) is 44.2 Å². The van der Waals surface area contributed by atoms with Crippen molar-refractivity contribution in [1.29, 1.82) is 0 Å². The predicted molar refractivity (Wildman–Crippen MR) is 106 cm³/mol. The zero-order valence-corrected chi connectivity index (χ0v) is 16.5. The lowest BCUT2D eigenvalue weighted by Gasteiger charge is -2.37. The van der Waals surface area contributed by atoms with Crippen molar-refractivity contribution in [3.8, 4) is 11.5 Å². The van der Waals surface area contributed by atoms with Crippen molar-refractivity contribution >= 4 is 11.9 Å². The number of nitrogens with zero attached hydrogens (tertiary/aromatic N) is 1. The summed E-state index contributed by atoms with van der Waals surface area (Å²) in [5.74, 6) is -0.572. The van der Waals surface area contributed by atoms with E-state index in [0.29, 0.717) is 36.8 Å². The fourth-order valence-electron chi connectivity index (χ4n) is 3.32. The molecule has 1 heterocycles. The van der Waals surface area contributed by atoms with Crippen LogP contribution in [0.1, 0.15) is 35.9 Å². The molecule has 1 aliphatic heterocycles. The molecule has 0 saturated carbocycles. The first kappa shape index (κ1) is 20.7. The summed E-state index contributed by atoms with van der Waals surface area (Å²) in [6.07, 6.45) is -0.282. The first-order chi connectivity index (χ1) is 14.0. The largest absolute Gasteiger partial charge is 0.490 e. The minimum absolute atomic E-state index is 0.0950. The molecule has 1 fully saturated rings. The maximum absolute atomic E-state index is 13.1. The molecule has 0 aliphatic carbocycles. The quantitative estimate of drug-likeness (QED) is 0.770. The fraction of sp³-hybridized carbons (Fsp3) is 0.364. The number of morpholine rings is 1. The molecule has 0 aromatic heterocycles. The van der Waals surface area contributed by atoms with Crippen molar-refractivity contribution in [2.45, 2.75) is 26.1 Å². The number of hydrogen-bond acceptors (Lipinski definition) is 5. The highest BCUT2D eigenvalue weighted by molar-refractivity contribution is 5.95. The summed E-state index contributed by atoms with van der Waals surface area (Å²) in [5, 5.41) is 8.81. The average Bonchev–Trinajstić information content (AvgIpc) is 2.72. The number of rotatable bonds is 7. The van der Waals surface area contributed by atoms with Crippen LogP contribution in [0.25, 0.3) is 0 Å². The van der Waals surface area contributed by atoms with Gasteiger partial charge >= 0.3 is 5.97 Å². The second kappa shape index (κ2) is 9.43. The van der Waals surface area contributed by atoms with Crippen LogP contribution in [0.3, 0.4) is 0 Å². The fourth-order valence-corrected chi connectivity index (χ4v) is 3.32. The minimum Gasteiger partial charge on any atom is -0.490 e. The van der Waals surface area contributed by atoms with Crippen LogP contribution >= 0.6 is 0 Å². The van der Waals surface area contributed by atoms with Crippen molar-refractivity contribution in [3.63, 3.8) is 0 Å². The molecule has 7 heteroatoms. The van der Waals surface area contributed by atoms with E-state index >= 15 is 0 Å². The number of benzene rings is 2. The van der Waals surface area contributed by atoms with Gasteiger partial charge in [0.15, 0.2) is 18.1 Å². The Morgan fingerprint density at radius 2 is 1.86 bits per heavy atom. The van der Waals surface area contributed by atoms with Gasteiger partial charge in [-0.1, -0.05) is 30.3 Å². The van der Waals surface area contributed by atoms with Gasteiger partial charge in [-0.25, -0.2) is 4.79 Å². The molecular formula is C22H25NO6. The Hall–Kier alpha value is -3.06. The molecule has 1 saturated heterocycles. The highest BCUT2D eigenvalue weighted by Crippen LogP contribution is 2.31. The molecule has 3 rings (SSSR count). The number of hydrogen-bond donors (Lipinski definition) is 1. The number of carboxylic acids is 1. The molecule has 2 aromatic carbocycles. The van der Waals surface area contributed by atoms with Crippen LogP contribution in [-0.4, -0.2) is 54.3 Å². The summed E-state index contributed by atoms with van der Waals surface area (Å²) in [6, 6.07) is 14.6. The number of carbonyl (C=O) groups is 2. The van der Waals surface area contributed by atoms with Crippen LogP contribution in [0.2, 0.25) is 0 Å². The summed E-state index contributed by atoms with van der Waals surface area (Å²) in [5.41, 5.74) is 1.49. The number of amides is 1. The van der Waals surface area contributed by atoms with E-state index in [2.05, 4.69) is 0 Å². The van der Waals surface area contributed by atoms with E-state index in [9.17, 15) is 9.59 Å². The average molecular weight is 399 g/mol. The van der Waals surface area contributed by atoms with Gasteiger partial charge in [-0.2, -0.15) is 0 Å². The first-order valence-electron chi connectivity index (χ1n) is 9.59. The molecule has 29 heavy (non-hydrogen) atoms. The standard InChI is InChI=1S/C22H25NO6/c1-3-27-19-11-17(9-10-18(19)28-14-21(24)25)22(26)23-12-15(2)29-20(13-23)16-7-5-4-6-8-16/h4-11,15,20H,3,12-14H2,1-2H3,(H,24,25). The van der Waals surface area contributed by atoms with Gasteiger partial charge in [0.2, 0.25) is 0 Å². The smallest absolute Gasteiger partial charge is 0.341 e. The van der Waals surface area contributed by atoms with Gasteiger partial charge in [0, 0.05) is 12.1 Å². The first-order valence-corrected chi connectivity index (χ1v) is 9.59. The minimum atomic E-state index is -1.08. The molecule has 154 valence electrons. The zero-order valence-electron chi connectivity index (χ0n) is 16.5. The van der Waals surface area contributed by atoms with Crippen LogP contribution in [0.15, 0.2) is 48.5 Å². The summed E-state index contributed by atoms with van der Waals surface area (Å²) in [4.78, 5) is 25.7. The molecule has 7 nitrogen and oxygen atoms in total. The molecule has 2 unspecified atom stereocenters. The van der Waals surface area contributed by atoms with Gasteiger partial charge in [0.1, 0.15) is 6.10 Å². The van der Waals surface area contributed by atoms with E-state index in [1.54, 1.807) is 23.1 Å². The number of carbonyl (C=O) groups excluding carboxylic acids is 1. The van der Waals surface area contributed by atoms with Crippen molar-refractivity contribution in [2.75, 3.05) is 26.3 Å². The van der Waals surface area contributed by atoms with Gasteiger partial charge in [0.25, 0.3) is 5.91 Å². The van der Waals surface area contributed by atoms with E-state index in [1.165, 1.54) is 0 Å². The summed E-state index contributed by atoms with van der Waals surface area (Å²) in [7, 11) is 0. The molecule has 2 aromatic rings. The highest BCUT2D eigenvalue weighted by atomic mass is 16.5. The SMILES string of the molecule is CCOc1cc(C(=O)N2CC(C)OC(c3ccccc3)C2)ccc1OCC(=O)O. The van der Waals surface area contributed by atoms with Crippen molar-refractivity contribution < 1.29 is 28.9 Å². The maximum Gasteiger partial charge on any atom is 0.341 e. The maximum atomic E-state index is 13.1. The Kier molecular flexibility index (Phi) is 6.72. The Bertz CT molecular complexity index is 854. The van der Waals surface area contributed by atoms with Gasteiger partial charge < -0.3 is 24.2 Å². The molecule has 0 bridgehead atoms. The highest BCUT2D eigenvalue weighted by Gasteiger charge is 2.30. The second-order valence-corrected chi connectivity index (χ2v) is 6.83. The Morgan fingerprint density at radius 1 is 1.10 bits per heavy atom. The third-order valence-electron chi connectivity index (χ3n) is 4.56. The number of carboxylic acid groups (broad SMARTS) is 1. The van der Waals surface area contributed by atoms with Gasteiger partial charge in [-0.05, 0) is 37.6 Å². The Labute approximate surface area is 169 Å². The lowest BCUT2D eigenvalue weighted by molar-refractivity contribution is -0.139.